The van der Waals surface area contributed by atoms with Crippen molar-refractivity contribution in [1.82, 2.24) is 0 Å². The van der Waals surface area contributed by atoms with Crippen LogP contribution in [0.5, 0.6) is 0 Å². The second-order valence-corrected chi connectivity index (χ2v) is 6.99. The molecule has 0 aromatic heterocycles. The molecule has 0 spiro atoms. The predicted octanol–water partition coefficient (Wildman–Crippen LogP) is 5.16. The van der Waals surface area contributed by atoms with Gasteiger partial charge in [0.1, 0.15) is 5.25 Å². The van der Waals surface area contributed by atoms with Crippen LogP contribution in [0.4, 0.5) is 17.6 Å². The summed E-state index contributed by atoms with van der Waals surface area (Å²) in [6.45, 7) is 6.25. The van der Waals surface area contributed by atoms with Crippen LogP contribution in [0.25, 0.3) is 0 Å². The van der Waals surface area contributed by atoms with Crippen molar-refractivity contribution in [2.24, 2.45) is 5.92 Å². The van der Waals surface area contributed by atoms with Crippen molar-refractivity contribution >= 4 is 17.7 Å². The van der Waals surface area contributed by atoms with Gasteiger partial charge in [0, 0.05) is 6.42 Å². The lowest BCUT2D eigenvalue weighted by atomic mass is 10.1. The minimum absolute atomic E-state index is 0.0567. The van der Waals surface area contributed by atoms with Crippen molar-refractivity contribution in [3.63, 3.8) is 0 Å². The van der Waals surface area contributed by atoms with E-state index < -0.39 is 24.0 Å². The van der Waals surface area contributed by atoms with E-state index in [0.29, 0.717) is 13.0 Å². The summed E-state index contributed by atoms with van der Waals surface area (Å²) in [4.78, 5) is 11.9. The molecule has 0 amide bonds. The number of ether oxygens (including phenoxy) is 1. The van der Waals surface area contributed by atoms with E-state index >= 15 is 0 Å². The number of thioether (sulfide) groups is 1. The van der Waals surface area contributed by atoms with Gasteiger partial charge in [-0.05, 0) is 30.9 Å². The maximum atomic E-state index is 12.8. The van der Waals surface area contributed by atoms with Gasteiger partial charge in [-0.3, -0.25) is 4.79 Å². The number of carbonyl (C=O) groups excluding carboxylic acids is 1. The van der Waals surface area contributed by atoms with E-state index in [2.05, 4.69) is 0 Å². The third-order valence-corrected chi connectivity index (χ3v) is 4.29. The third-order valence-electron chi connectivity index (χ3n) is 2.98. The van der Waals surface area contributed by atoms with Gasteiger partial charge in [0.25, 0.3) is 0 Å². The summed E-state index contributed by atoms with van der Waals surface area (Å²) in [5, 5.41) is -0.419. The summed E-state index contributed by atoms with van der Waals surface area (Å²) in [6.07, 6.45) is -2.27. The maximum Gasteiger partial charge on any atom is 0.319 e. The number of alkyl halides is 4. The average Bonchev–Trinajstić information content (AvgIpc) is 2.41. The van der Waals surface area contributed by atoms with Crippen LogP contribution in [-0.2, 0) is 9.53 Å². The Morgan fingerprint density at radius 1 is 1.23 bits per heavy atom. The number of rotatable bonds is 12. The molecular formula is C15H26F4O2S. The molecule has 0 heterocycles. The molecule has 0 bridgehead atoms. The monoisotopic (exact) mass is 346 g/mol. The Labute approximate surface area is 134 Å². The molecule has 0 N–H and O–H groups in total. The van der Waals surface area contributed by atoms with E-state index in [-0.39, 0.29) is 24.1 Å². The van der Waals surface area contributed by atoms with Crippen LogP contribution in [0.2, 0.25) is 0 Å². The van der Waals surface area contributed by atoms with E-state index in [0.717, 1.165) is 12.8 Å². The summed E-state index contributed by atoms with van der Waals surface area (Å²) in [7, 11) is 0. The number of esters is 1. The molecule has 132 valence electrons. The highest BCUT2D eigenvalue weighted by Gasteiger charge is 2.39. The average molecular weight is 346 g/mol. The number of hydrogen-bond acceptors (Lipinski definition) is 3. The van der Waals surface area contributed by atoms with Crippen molar-refractivity contribution < 1.29 is 27.1 Å². The predicted molar refractivity (Wildman–Crippen MR) is 81.8 cm³/mol. The van der Waals surface area contributed by atoms with Crippen LogP contribution < -0.4 is 0 Å². The fourth-order valence-corrected chi connectivity index (χ4v) is 3.03. The van der Waals surface area contributed by atoms with Crippen LogP contribution in [0, 0.1) is 5.92 Å². The highest BCUT2D eigenvalue weighted by molar-refractivity contribution is 8.00. The standard InChI is InChI=1S/C15H26F4O2S/c1-4-5-8-21-13(20)12(10-11(2)3)22-9-6-7-15(18,19)14(16)17/h11-12,14H,4-10H2,1-3H3. The molecule has 0 fully saturated rings. The minimum atomic E-state index is -3.95. The number of hydrogen-bond donors (Lipinski definition) is 0. The molecule has 0 aliphatic heterocycles. The van der Waals surface area contributed by atoms with E-state index in [1.165, 1.54) is 11.8 Å². The molecule has 2 nitrogen and oxygen atoms in total. The number of carbonyl (C=O) groups is 1. The van der Waals surface area contributed by atoms with Gasteiger partial charge in [-0.25, -0.2) is 17.6 Å². The molecule has 0 aromatic rings. The Balaban J connectivity index is 4.22. The Hall–Kier alpha value is -0.460. The minimum Gasteiger partial charge on any atom is -0.465 e. The van der Waals surface area contributed by atoms with E-state index in [4.69, 9.17) is 4.74 Å². The molecule has 0 aliphatic carbocycles. The van der Waals surface area contributed by atoms with Gasteiger partial charge in [-0.15, -0.1) is 11.8 Å². The van der Waals surface area contributed by atoms with Crippen LogP contribution in [0.3, 0.4) is 0 Å². The van der Waals surface area contributed by atoms with Gasteiger partial charge in [-0.2, -0.15) is 0 Å². The van der Waals surface area contributed by atoms with Crippen molar-refractivity contribution in [2.75, 3.05) is 12.4 Å². The Kier molecular flexibility index (Phi) is 10.9. The lowest BCUT2D eigenvalue weighted by Crippen LogP contribution is -2.27. The van der Waals surface area contributed by atoms with Crippen LogP contribution in [-0.4, -0.2) is 35.9 Å². The maximum absolute atomic E-state index is 12.8. The van der Waals surface area contributed by atoms with Crippen molar-refractivity contribution in [3.8, 4) is 0 Å². The first-order valence-corrected chi connectivity index (χ1v) is 8.69. The summed E-state index contributed by atoms with van der Waals surface area (Å²) in [5.74, 6) is -3.79. The molecule has 0 radical (unpaired) electrons. The van der Waals surface area contributed by atoms with Gasteiger partial charge < -0.3 is 4.74 Å². The van der Waals surface area contributed by atoms with Crippen LogP contribution in [0.15, 0.2) is 0 Å². The van der Waals surface area contributed by atoms with Crippen LogP contribution >= 0.6 is 11.8 Å². The van der Waals surface area contributed by atoms with Gasteiger partial charge in [0.15, 0.2) is 0 Å². The normalized spacial score (nSPS) is 13.7. The quantitative estimate of drug-likeness (QED) is 0.277. The second kappa shape index (κ2) is 11.1. The lowest BCUT2D eigenvalue weighted by molar-refractivity contribution is -0.143. The summed E-state index contributed by atoms with van der Waals surface area (Å²) in [6, 6.07) is 0. The van der Waals surface area contributed by atoms with E-state index in [1.54, 1.807) is 0 Å². The highest BCUT2D eigenvalue weighted by atomic mass is 32.2. The van der Waals surface area contributed by atoms with Gasteiger partial charge in [-0.1, -0.05) is 27.2 Å². The molecule has 22 heavy (non-hydrogen) atoms. The fraction of sp³-hybridized carbons (Fsp3) is 0.933. The van der Waals surface area contributed by atoms with Gasteiger partial charge >= 0.3 is 18.3 Å². The first-order valence-electron chi connectivity index (χ1n) is 7.64. The Morgan fingerprint density at radius 2 is 1.86 bits per heavy atom. The van der Waals surface area contributed by atoms with Gasteiger partial charge in [0.2, 0.25) is 0 Å². The summed E-state index contributed by atoms with van der Waals surface area (Å²) in [5.41, 5.74) is 0. The highest BCUT2D eigenvalue weighted by Crippen LogP contribution is 2.30. The molecule has 0 aliphatic rings. The zero-order chi connectivity index (χ0) is 17.2. The van der Waals surface area contributed by atoms with Gasteiger partial charge in [0.05, 0.1) is 6.61 Å². The van der Waals surface area contributed by atoms with Crippen LogP contribution in [0.1, 0.15) is 52.9 Å². The molecule has 0 saturated carbocycles. The number of unbranched alkanes of at least 4 members (excludes halogenated alkanes) is 1. The first kappa shape index (κ1) is 21.5. The topological polar surface area (TPSA) is 26.3 Å². The van der Waals surface area contributed by atoms with Crippen molar-refractivity contribution in [1.29, 1.82) is 0 Å². The molecule has 1 unspecified atom stereocenters. The zero-order valence-corrected chi connectivity index (χ0v) is 14.2. The summed E-state index contributed by atoms with van der Waals surface area (Å²) >= 11 is 1.22. The molecule has 1 atom stereocenters. The van der Waals surface area contributed by atoms with E-state index in [9.17, 15) is 22.4 Å². The van der Waals surface area contributed by atoms with E-state index in [1.807, 2.05) is 20.8 Å². The van der Waals surface area contributed by atoms with Crippen molar-refractivity contribution in [2.45, 2.75) is 70.5 Å². The first-order chi connectivity index (χ1) is 10.2. The molecule has 0 aromatic carbocycles. The largest absolute Gasteiger partial charge is 0.465 e. The fourth-order valence-electron chi connectivity index (χ4n) is 1.71. The third kappa shape index (κ3) is 9.54. The Bertz CT molecular complexity index is 312. The van der Waals surface area contributed by atoms with Crippen molar-refractivity contribution in [3.05, 3.63) is 0 Å². The molecular weight excluding hydrogens is 320 g/mol. The lowest BCUT2D eigenvalue weighted by Gasteiger charge is -2.19. The molecule has 0 rings (SSSR count). The second-order valence-electron chi connectivity index (χ2n) is 5.68. The zero-order valence-electron chi connectivity index (χ0n) is 13.4. The summed E-state index contributed by atoms with van der Waals surface area (Å²) < 4.78 is 54.8. The smallest absolute Gasteiger partial charge is 0.319 e. The Morgan fingerprint density at radius 3 is 2.36 bits per heavy atom. The molecule has 7 heteroatoms. The molecule has 0 saturated heterocycles. The number of halogens is 4. The SMILES string of the molecule is CCCCOC(=O)C(CC(C)C)SCCCC(F)(F)C(F)F.